The van der Waals surface area contributed by atoms with Crippen LogP contribution in [-0.4, -0.2) is 10.1 Å². The van der Waals surface area contributed by atoms with Crippen LogP contribution in [0.4, 0.5) is 0 Å². The first-order chi connectivity index (χ1) is 12.7. The largest absolute Gasteiger partial charge is 0.507 e. The molecule has 0 unspecified atom stereocenters. The average molecular weight is 337 g/mol. The van der Waals surface area contributed by atoms with Gasteiger partial charge in [-0.25, -0.2) is 4.98 Å². The molecule has 1 N–H and O–H groups in total. The molecule has 1 heterocycles. The van der Waals surface area contributed by atoms with Gasteiger partial charge < -0.3 is 5.11 Å². The summed E-state index contributed by atoms with van der Waals surface area (Å²) in [6.45, 7) is 2.06. The van der Waals surface area contributed by atoms with Crippen LogP contribution in [0.3, 0.4) is 0 Å². The zero-order valence-electron chi connectivity index (χ0n) is 14.6. The van der Waals surface area contributed by atoms with Crippen molar-refractivity contribution in [1.29, 1.82) is 0 Å². The molecular weight excluding hydrogens is 318 g/mol. The van der Waals surface area contributed by atoms with Gasteiger partial charge in [0, 0.05) is 11.1 Å². The zero-order chi connectivity index (χ0) is 17.9. The third-order valence-electron chi connectivity index (χ3n) is 4.59. The second-order valence-electron chi connectivity index (χ2n) is 6.28. The molecule has 0 radical (unpaired) electrons. The highest BCUT2D eigenvalue weighted by atomic mass is 16.3. The van der Waals surface area contributed by atoms with Crippen LogP contribution in [0.5, 0.6) is 5.75 Å². The fourth-order valence-electron chi connectivity index (χ4n) is 3.22. The lowest BCUT2D eigenvalue weighted by molar-refractivity contribution is 0.477. The van der Waals surface area contributed by atoms with Gasteiger partial charge in [0.15, 0.2) is 0 Å². The Kier molecular flexibility index (Phi) is 4.24. The van der Waals surface area contributed by atoms with Gasteiger partial charge in [0.25, 0.3) is 0 Å². The van der Waals surface area contributed by atoms with Crippen LogP contribution in [-0.2, 0) is 0 Å². The van der Waals surface area contributed by atoms with E-state index in [2.05, 4.69) is 37.3 Å². The van der Waals surface area contributed by atoms with Crippen molar-refractivity contribution in [2.45, 2.75) is 6.92 Å². The summed E-state index contributed by atoms with van der Waals surface area (Å²) < 4.78 is 0. The van der Waals surface area contributed by atoms with Gasteiger partial charge >= 0.3 is 0 Å². The monoisotopic (exact) mass is 337 g/mol. The standard InChI is InChI=1S/C24H19NO/c1-17-21(18-10-4-2-5-11-18)16-22(19-12-6-3-7-13-19)25-24(17)20-14-8-9-15-23(20)26/h2-16,26H,1H3. The van der Waals surface area contributed by atoms with Crippen molar-refractivity contribution in [3.63, 3.8) is 0 Å². The second-order valence-corrected chi connectivity index (χ2v) is 6.28. The molecule has 0 amide bonds. The first-order valence-electron chi connectivity index (χ1n) is 8.65. The second kappa shape index (κ2) is 6.85. The van der Waals surface area contributed by atoms with E-state index in [9.17, 15) is 5.11 Å². The Morgan fingerprint density at radius 2 is 1.23 bits per heavy atom. The van der Waals surface area contributed by atoms with Crippen LogP contribution in [0.1, 0.15) is 5.56 Å². The predicted octanol–water partition coefficient (Wildman–Crippen LogP) is 6.10. The van der Waals surface area contributed by atoms with Gasteiger partial charge in [-0.05, 0) is 41.8 Å². The van der Waals surface area contributed by atoms with Gasteiger partial charge in [-0.1, -0.05) is 72.8 Å². The Morgan fingerprint density at radius 3 is 1.88 bits per heavy atom. The minimum absolute atomic E-state index is 0.243. The molecule has 2 nitrogen and oxygen atoms in total. The molecule has 0 aliphatic carbocycles. The molecule has 0 spiro atoms. The number of benzene rings is 3. The molecule has 26 heavy (non-hydrogen) atoms. The maximum absolute atomic E-state index is 10.4. The number of aromatic nitrogens is 1. The third kappa shape index (κ3) is 2.98. The number of aromatic hydroxyl groups is 1. The molecule has 4 rings (SSSR count). The SMILES string of the molecule is Cc1c(-c2ccccc2)cc(-c2ccccc2)nc1-c1ccccc1O. The minimum atomic E-state index is 0.243. The normalized spacial score (nSPS) is 10.7. The van der Waals surface area contributed by atoms with E-state index < -0.39 is 0 Å². The van der Waals surface area contributed by atoms with Crippen LogP contribution in [0.15, 0.2) is 91.0 Å². The van der Waals surface area contributed by atoms with Crippen LogP contribution >= 0.6 is 0 Å². The van der Waals surface area contributed by atoms with Crippen molar-refractivity contribution in [2.24, 2.45) is 0 Å². The van der Waals surface area contributed by atoms with Gasteiger partial charge in [0.1, 0.15) is 5.75 Å². The van der Waals surface area contributed by atoms with Crippen LogP contribution < -0.4 is 0 Å². The number of nitrogens with zero attached hydrogens (tertiary/aromatic N) is 1. The fraction of sp³-hybridized carbons (Fsp3) is 0.0417. The number of phenols is 1. The van der Waals surface area contributed by atoms with Crippen molar-refractivity contribution < 1.29 is 5.11 Å². The van der Waals surface area contributed by atoms with Crippen molar-refractivity contribution >= 4 is 0 Å². The van der Waals surface area contributed by atoms with E-state index in [1.54, 1.807) is 6.07 Å². The Balaban J connectivity index is 2.01. The lowest BCUT2D eigenvalue weighted by Crippen LogP contribution is -1.96. The van der Waals surface area contributed by atoms with E-state index in [0.29, 0.717) is 0 Å². The molecule has 0 atom stereocenters. The lowest BCUT2D eigenvalue weighted by Gasteiger charge is -2.15. The van der Waals surface area contributed by atoms with Crippen molar-refractivity contribution in [1.82, 2.24) is 4.98 Å². The van der Waals surface area contributed by atoms with Crippen molar-refractivity contribution in [3.8, 4) is 39.4 Å². The van der Waals surface area contributed by atoms with Crippen LogP contribution in [0, 0.1) is 6.92 Å². The summed E-state index contributed by atoms with van der Waals surface area (Å²) in [5, 5.41) is 10.4. The summed E-state index contributed by atoms with van der Waals surface area (Å²) in [5.41, 5.74) is 6.83. The summed E-state index contributed by atoms with van der Waals surface area (Å²) in [7, 11) is 0. The van der Waals surface area contributed by atoms with Gasteiger partial charge in [-0.15, -0.1) is 0 Å². The number of hydrogen-bond acceptors (Lipinski definition) is 2. The number of rotatable bonds is 3. The highest BCUT2D eigenvalue weighted by molar-refractivity contribution is 5.82. The molecule has 0 bridgehead atoms. The topological polar surface area (TPSA) is 33.1 Å². The molecule has 3 aromatic carbocycles. The number of hydrogen-bond donors (Lipinski definition) is 1. The Hall–Kier alpha value is -3.39. The molecule has 1 aromatic heterocycles. The predicted molar refractivity (Wildman–Crippen MR) is 107 cm³/mol. The summed E-state index contributed by atoms with van der Waals surface area (Å²) in [5.74, 6) is 0.243. The van der Waals surface area contributed by atoms with E-state index in [-0.39, 0.29) is 5.75 Å². The molecule has 0 fully saturated rings. The highest BCUT2D eigenvalue weighted by Crippen LogP contribution is 2.37. The average Bonchev–Trinajstić information content (AvgIpc) is 2.70. The molecule has 2 heteroatoms. The molecule has 126 valence electrons. The van der Waals surface area contributed by atoms with Crippen molar-refractivity contribution in [3.05, 3.63) is 96.6 Å². The zero-order valence-corrected chi connectivity index (χ0v) is 14.6. The fourth-order valence-corrected chi connectivity index (χ4v) is 3.22. The van der Waals surface area contributed by atoms with Crippen molar-refractivity contribution in [2.75, 3.05) is 0 Å². The minimum Gasteiger partial charge on any atom is -0.507 e. The lowest BCUT2D eigenvalue weighted by atomic mass is 9.94. The maximum Gasteiger partial charge on any atom is 0.124 e. The summed E-state index contributed by atoms with van der Waals surface area (Å²) in [4.78, 5) is 4.90. The number of para-hydroxylation sites is 1. The van der Waals surface area contributed by atoms with Gasteiger partial charge in [0.05, 0.1) is 11.4 Å². The van der Waals surface area contributed by atoms with Gasteiger partial charge in [0.2, 0.25) is 0 Å². The van der Waals surface area contributed by atoms with Gasteiger partial charge in [-0.2, -0.15) is 0 Å². The molecule has 0 aliphatic rings. The first kappa shape index (κ1) is 16.1. The maximum atomic E-state index is 10.4. The molecular formula is C24H19NO. The van der Waals surface area contributed by atoms with E-state index in [0.717, 1.165) is 39.2 Å². The number of phenolic OH excluding ortho intramolecular Hbond substituents is 1. The molecule has 0 aliphatic heterocycles. The Morgan fingerprint density at radius 1 is 0.654 bits per heavy atom. The van der Waals surface area contributed by atoms with E-state index in [4.69, 9.17) is 4.98 Å². The third-order valence-corrected chi connectivity index (χ3v) is 4.59. The summed E-state index contributed by atoms with van der Waals surface area (Å²) >= 11 is 0. The molecule has 4 aromatic rings. The van der Waals surface area contributed by atoms with E-state index >= 15 is 0 Å². The quantitative estimate of drug-likeness (QED) is 0.490. The van der Waals surface area contributed by atoms with E-state index in [1.807, 2.05) is 54.6 Å². The Labute approximate surface area is 153 Å². The van der Waals surface area contributed by atoms with Crippen LogP contribution in [0.2, 0.25) is 0 Å². The Bertz CT molecular complexity index is 1040. The first-order valence-corrected chi connectivity index (χ1v) is 8.65. The van der Waals surface area contributed by atoms with E-state index in [1.165, 1.54) is 0 Å². The van der Waals surface area contributed by atoms with Gasteiger partial charge in [-0.3, -0.25) is 0 Å². The smallest absolute Gasteiger partial charge is 0.124 e. The molecule has 0 saturated carbocycles. The number of pyridine rings is 1. The highest BCUT2D eigenvalue weighted by Gasteiger charge is 2.15. The molecule has 0 saturated heterocycles. The summed E-state index contributed by atoms with van der Waals surface area (Å²) in [6, 6.07) is 29.9. The van der Waals surface area contributed by atoms with Crippen LogP contribution in [0.25, 0.3) is 33.6 Å². The summed E-state index contributed by atoms with van der Waals surface area (Å²) in [6.07, 6.45) is 0.